The number of hydrogen-bond donors (Lipinski definition) is 1. The van der Waals surface area contributed by atoms with Crippen LogP contribution >= 0.6 is 11.6 Å². The van der Waals surface area contributed by atoms with Crippen molar-refractivity contribution in [2.45, 2.75) is 0 Å². The first-order valence-corrected chi connectivity index (χ1v) is 4.97. The van der Waals surface area contributed by atoms with Gasteiger partial charge in [0, 0.05) is 24.0 Å². The summed E-state index contributed by atoms with van der Waals surface area (Å²) in [6.45, 7) is 0. The second-order valence-electron chi connectivity index (χ2n) is 3.24. The lowest BCUT2D eigenvalue weighted by Gasteiger charge is -2.08. The first-order chi connectivity index (χ1) is 8.06. The lowest BCUT2D eigenvalue weighted by molar-refractivity contribution is 0.549. The highest BCUT2D eigenvalue weighted by Gasteiger charge is 2.11. The average Bonchev–Trinajstić information content (AvgIpc) is 2.23. The smallest absolute Gasteiger partial charge is 0.152 e. The molecule has 0 unspecified atom stereocenters. The van der Waals surface area contributed by atoms with Crippen LogP contribution in [-0.2, 0) is 0 Å². The third-order valence-electron chi connectivity index (χ3n) is 2.00. The zero-order chi connectivity index (χ0) is 12.4. The molecule has 0 saturated carbocycles. The van der Waals surface area contributed by atoms with E-state index in [0.29, 0.717) is 17.8 Å². The van der Waals surface area contributed by atoms with E-state index in [9.17, 15) is 13.2 Å². The topological polar surface area (TPSA) is 24.9 Å². The molecular formula is C11H6ClF3N2. The van der Waals surface area contributed by atoms with Crippen LogP contribution in [0, 0.1) is 17.5 Å². The minimum atomic E-state index is -1.02. The quantitative estimate of drug-likeness (QED) is 0.827. The average molecular weight is 259 g/mol. The summed E-state index contributed by atoms with van der Waals surface area (Å²) in [6, 6.07) is 4.06. The summed E-state index contributed by atoms with van der Waals surface area (Å²) in [7, 11) is 0. The molecule has 0 aliphatic heterocycles. The highest BCUT2D eigenvalue weighted by molar-refractivity contribution is 6.29. The van der Waals surface area contributed by atoms with Gasteiger partial charge in [-0.25, -0.2) is 18.2 Å². The van der Waals surface area contributed by atoms with Gasteiger partial charge in [0.1, 0.15) is 16.7 Å². The van der Waals surface area contributed by atoms with Crippen molar-refractivity contribution in [2.75, 3.05) is 5.32 Å². The molecule has 17 heavy (non-hydrogen) atoms. The normalized spacial score (nSPS) is 10.4. The Morgan fingerprint density at radius 3 is 2.29 bits per heavy atom. The van der Waals surface area contributed by atoms with Crippen molar-refractivity contribution in [3.05, 3.63) is 53.1 Å². The van der Waals surface area contributed by atoms with Crippen LogP contribution in [0.5, 0.6) is 0 Å². The molecule has 6 heteroatoms. The van der Waals surface area contributed by atoms with Gasteiger partial charge in [-0.05, 0) is 12.1 Å². The number of rotatable bonds is 2. The van der Waals surface area contributed by atoms with E-state index in [1.165, 1.54) is 18.3 Å². The van der Waals surface area contributed by atoms with Gasteiger partial charge in [-0.3, -0.25) is 0 Å². The predicted molar refractivity (Wildman–Crippen MR) is 58.8 cm³/mol. The Hall–Kier alpha value is -1.75. The molecule has 0 atom stereocenters. The van der Waals surface area contributed by atoms with Gasteiger partial charge in [0.05, 0.1) is 0 Å². The van der Waals surface area contributed by atoms with Crippen LogP contribution in [-0.4, -0.2) is 4.98 Å². The van der Waals surface area contributed by atoms with Gasteiger partial charge in [-0.2, -0.15) is 0 Å². The summed E-state index contributed by atoms with van der Waals surface area (Å²) >= 11 is 5.62. The summed E-state index contributed by atoms with van der Waals surface area (Å²) in [4.78, 5) is 3.72. The van der Waals surface area contributed by atoms with E-state index in [1.807, 2.05) is 0 Å². The molecule has 2 aromatic rings. The fourth-order valence-electron chi connectivity index (χ4n) is 1.29. The maximum atomic E-state index is 13.3. The lowest BCUT2D eigenvalue weighted by Crippen LogP contribution is -1.98. The maximum absolute atomic E-state index is 13.3. The molecule has 0 bridgehead atoms. The van der Waals surface area contributed by atoms with Crippen molar-refractivity contribution in [3.63, 3.8) is 0 Å². The summed E-state index contributed by atoms with van der Waals surface area (Å²) in [5.74, 6) is -3.01. The first-order valence-electron chi connectivity index (χ1n) is 4.59. The molecular weight excluding hydrogens is 253 g/mol. The lowest BCUT2D eigenvalue weighted by atomic mass is 10.2. The molecule has 2 rings (SSSR count). The second-order valence-corrected chi connectivity index (χ2v) is 3.62. The van der Waals surface area contributed by atoms with Crippen molar-refractivity contribution in [1.29, 1.82) is 0 Å². The molecule has 1 heterocycles. The Balaban J connectivity index is 2.36. The van der Waals surface area contributed by atoms with Crippen LogP contribution in [0.25, 0.3) is 0 Å². The predicted octanol–water partition coefficient (Wildman–Crippen LogP) is 3.90. The number of hydrogen-bond acceptors (Lipinski definition) is 2. The van der Waals surface area contributed by atoms with Gasteiger partial charge in [-0.1, -0.05) is 11.6 Å². The third-order valence-corrected chi connectivity index (χ3v) is 2.21. The minimum absolute atomic E-state index is 0.179. The van der Waals surface area contributed by atoms with E-state index in [-0.39, 0.29) is 5.15 Å². The SMILES string of the molecule is Fc1cc(F)c(Nc2ccnc(Cl)c2)c(F)c1. The number of halogens is 4. The van der Waals surface area contributed by atoms with E-state index in [4.69, 9.17) is 11.6 Å². The number of nitrogens with one attached hydrogen (secondary N) is 1. The molecule has 88 valence electrons. The second kappa shape index (κ2) is 4.63. The number of anilines is 2. The van der Waals surface area contributed by atoms with Gasteiger partial charge in [0.25, 0.3) is 0 Å². The highest BCUT2D eigenvalue weighted by atomic mass is 35.5. The van der Waals surface area contributed by atoms with Crippen molar-refractivity contribution in [2.24, 2.45) is 0 Å². The number of aromatic nitrogens is 1. The van der Waals surface area contributed by atoms with Gasteiger partial charge in [0.2, 0.25) is 0 Å². The molecule has 0 spiro atoms. The molecule has 0 aliphatic carbocycles. The number of pyridine rings is 1. The number of benzene rings is 1. The fourth-order valence-corrected chi connectivity index (χ4v) is 1.46. The Morgan fingerprint density at radius 1 is 1.06 bits per heavy atom. The van der Waals surface area contributed by atoms with Crippen LogP contribution in [0.2, 0.25) is 5.15 Å². The minimum Gasteiger partial charge on any atom is -0.351 e. The zero-order valence-corrected chi connectivity index (χ0v) is 9.10. The van der Waals surface area contributed by atoms with Crippen LogP contribution in [0.15, 0.2) is 30.5 Å². The van der Waals surface area contributed by atoms with E-state index in [2.05, 4.69) is 10.3 Å². The molecule has 0 fully saturated rings. The molecule has 0 radical (unpaired) electrons. The van der Waals surface area contributed by atoms with Gasteiger partial charge < -0.3 is 5.32 Å². The van der Waals surface area contributed by atoms with Crippen LogP contribution in [0.1, 0.15) is 0 Å². The van der Waals surface area contributed by atoms with Crippen molar-refractivity contribution in [1.82, 2.24) is 4.98 Å². The van der Waals surface area contributed by atoms with Gasteiger partial charge >= 0.3 is 0 Å². The molecule has 2 nitrogen and oxygen atoms in total. The van der Waals surface area contributed by atoms with Crippen molar-refractivity contribution >= 4 is 23.0 Å². The van der Waals surface area contributed by atoms with E-state index in [0.717, 1.165) is 0 Å². The number of nitrogens with zero attached hydrogens (tertiary/aromatic N) is 1. The summed E-state index contributed by atoms with van der Waals surface area (Å²) in [5.41, 5.74) is -0.0805. The summed E-state index contributed by atoms with van der Waals surface area (Å²) in [5, 5.41) is 2.65. The molecule has 0 saturated heterocycles. The molecule has 1 aromatic heterocycles. The Bertz CT molecular complexity index is 537. The Morgan fingerprint density at radius 2 is 1.71 bits per heavy atom. The van der Waals surface area contributed by atoms with Gasteiger partial charge in [-0.15, -0.1) is 0 Å². The standard InChI is InChI=1S/C11H6ClF3N2/c12-10-5-7(1-2-16-10)17-11-8(14)3-6(13)4-9(11)15/h1-5H,(H,16,17). The van der Waals surface area contributed by atoms with Gasteiger partial charge in [0.15, 0.2) is 11.6 Å². The third kappa shape index (κ3) is 2.68. The zero-order valence-electron chi connectivity index (χ0n) is 8.35. The van der Waals surface area contributed by atoms with Crippen molar-refractivity contribution in [3.8, 4) is 0 Å². The van der Waals surface area contributed by atoms with E-state index >= 15 is 0 Å². The summed E-state index contributed by atoms with van der Waals surface area (Å²) in [6.07, 6.45) is 1.38. The van der Waals surface area contributed by atoms with Crippen LogP contribution in [0.4, 0.5) is 24.5 Å². The fraction of sp³-hybridized carbons (Fsp3) is 0. The molecule has 0 amide bonds. The first kappa shape index (κ1) is 11.7. The molecule has 1 aromatic carbocycles. The monoisotopic (exact) mass is 258 g/mol. The summed E-state index contributed by atoms with van der Waals surface area (Å²) < 4.78 is 39.3. The van der Waals surface area contributed by atoms with E-state index in [1.54, 1.807) is 0 Å². The van der Waals surface area contributed by atoms with Crippen LogP contribution < -0.4 is 5.32 Å². The Labute approximate surface area is 100 Å². The highest BCUT2D eigenvalue weighted by Crippen LogP contribution is 2.25. The Kier molecular flexibility index (Phi) is 3.19. The van der Waals surface area contributed by atoms with E-state index < -0.39 is 23.1 Å². The largest absolute Gasteiger partial charge is 0.351 e. The maximum Gasteiger partial charge on any atom is 0.152 e. The van der Waals surface area contributed by atoms with Crippen LogP contribution in [0.3, 0.4) is 0 Å². The molecule has 0 aliphatic rings. The van der Waals surface area contributed by atoms with Crippen molar-refractivity contribution < 1.29 is 13.2 Å². The molecule has 1 N–H and O–H groups in total.